The van der Waals surface area contributed by atoms with Crippen LogP contribution in [0.25, 0.3) is 11.5 Å². The molecule has 1 aliphatic rings. The fraction of sp³-hybridized carbons (Fsp3) is 0.375. The number of aliphatic carboxylic acids is 1. The number of hydrogen-bond donors (Lipinski definition) is 1. The molecule has 1 amide bonds. The number of ether oxygens (including phenoxy) is 1. The van der Waals surface area contributed by atoms with Crippen molar-refractivity contribution in [3.63, 3.8) is 0 Å². The average Bonchev–Trinajstić information content (AvgIpc) is 3.00. The second-order valence-electron chi connectivity index (χ2n) is 5.68. The number of carbonyl (C=O) groups excluding carboxylic acids is 1. The Kier molecular flexibility index (Phi) is 4.30. The number of amides is 1. The summed E-state index contributed by atoms with van der Waals surface area (Å²) in [4.78, 5) is 29.7. The van der Waals surface area contributed by atoms with Crippen molar-refractivity contribution in [1.82, 2.24) is 15.0 Å². The molecule has 8 nitrogen and oxygen atoms in total. The van der Waals surface area contributed by atoms with E-state index >= 15 is 0 Å². The Bertz CT molecular complexity index is 773. The van der Waals surface area contributed by atoms with E-state index in [1.165, 1.54) is 4.90 Å². The number of benzene rings is 1. The van der Waals surface area contributed by atoms with Gasteiger partial charge in [-0.15, -0.1) is 0 Å². The van der Waals surface area contributed by atoms with Gasteiger partial charge in [0.05, 0.1) is 23.8 Å². The third kappa shape index (κ3) is 3.13. The molecule has 1 aliphatic heterocycles. The molecule has 1 aromatic heterocycles. The predicted octanol–water partition coefficient (Wildman–Crippen LogP) is 1.36. The van der Waals surface area contributed by atoms with Crippen LogP contribution in [-0.2, 0) is 9.53 Å². The van der Waals surface area contributed by atoms with Crippen molar-refractivity contribution < 1.29 is 24.0 Å². The molecule has 0 spiro atoms. The molecule has 8 heteroatoms. The van der Waals surface area contributed by atoms with E-state index in [1.54, 1.807) is 38.1 Å². The number of morpholine rings is 1. The first-order chi connectivity index (χ1) is 11.5. The molecule has 0 saturated carbocycles. The summed E-state index contributed by atoms with van der Waals surface area (Å²) in [6, 6.07) is 6.89. The minimum atomic E-state index is -1.08. The Morgan fingerprint density at radius 3 is 2.71 bits per heavy atom. The number of carboxylic acids is 1. The lowest BCUT2D eigenvalue weighted by atomic mass is 10.0. The number of carboxylic acid groups (broad SMARTS) is 1. The molecule has 1 unspecified atom stereocenters. The van der Waals surface area contributed by atoms with Crippen molar-refractivity contribution in [3.8, 4) is 11.5 Å². The highest BCUT2D eigenvalue weighted by Crippen LogP contribution is 2.24. The van der Waals surface area contributed by atoms with E-state index in [0.717, 1.165) is 0 Å². The van der Waals surface area contributed by atoms with Crippen molar-refractivity contribution in [2.75, 3.05) is 13.1 Å². The first-order valence-corrected chi connectivity index (χ1v) is 7.53. The van der Waals surface area contributed by atoms with Crippen molar-refractivity contribution in [3.05, 3.63) is 35.7 Å². The fourth-order valence-electron chi connectivity index (χ4n) is 2.69. The van der Waals surface area contributed by atoms with Crippen molar-refractivity contribution in [2.24, 2.45) is 0 Å². The largest absolute Gasteiger partial charge is 0.479 e. The minimum Gasteiger partial charge on any atom is -0.479 e. The van der Waals surface area contributed by atoms with Gasteiger partial charge in [0.15, 0.2) is 11.9 Å². The molecule has 24 heavy (non-hydrogen) atoms. The molecule has 3 rings (SSSR count). The minimum absolute atomic E-state index is 0.00426. The summed E-state index contributed by atoms with van der Waals surface area (Å²) in [6.45, 7) is 3.75. The van der Waals surface area contributed by atoms with Gasteiger partial charge in [-0.1, -0.05) is 17.3 Å². The summed E-state index contributed by atoms with van der Waals surface area (Å²) in [7, 11) is 0. The molecular formula is C16H17N3O5. The number of aryl methyl sites for hydroxylation is 1. The molecule has 126 valence electrons. The molecule has 0 aliphatic carbocycles. The van der Waals surface area contributed by atoms with Crippen LogP contribution < -0.4 is 0 Å². The first-order valence-electron chi connectivity index (χ1n) is 7.53. The van der Waals surface area contributed by atoms with Crippen molar-refractivity contribution >= 4 is 11.9 Å². The van der Waals surface area contributed by atoms with Gasteiger partial charge in [0, 0.05) is 6.54 Å². The van der Waals surface area contributed by atoms with Gasteiger partial charge < -0.3 is 19.3 Å². The van der Waals surface area contributed by atoms with Crippen LogP contribution in [0.15, 0.2) is 28.8 Å². The van der Waals surface area contributed by atoms with Crippen molar-refractivity contribution in [2.45, 2.75) is 26.1 Å². The van der Waals surface area contributed by atoms with E-state index < -0.39 is 12.1 Å². The zero-order valence-corrected chi connectivity index (χ0v) is 13.3. The summed E-state index contributed by atoms with van der Waals surface area (Å²) in [5.74, 6) is -0.645. The van der Waals surface area contributed by atoms with Crippen LogP contribution in [0.2, 0.25) is 0 Å². The number of carbonyl (C=O) groups is 2. The monoisotopic (exact) mass is 331 g/mol. The van der Waals surface area contributed by atoms with Gasteiger partial charge in [0.1, 0.15) is 0 Å². The van der Waals surface area contributed by atoms with Crippen LogP contribution in [-0.4, -0.2) is 57.3 Å². The molecular weight excluding hydrogens is 314 g/mol. The summed E-state index contributed by atoms with van der Waals surface area (Å²) in [6.07, 6.45) is -1.39. The molecule has 1 aromatic carbocycles. The maximum atomic E-state index is 12.9. The number of nitrogens with zero attached hydrogens (tertiary/aromatic N) is 3. The smallest absolute Gasteiger partial charge is 0.334 e. The molecule has 2 heterocycles. The lowest BCUT2D eigenvalue weighted by Gasteiger charge is -2.35. The Hall–Kier alpha value is -2.74. The van der Waals surface area contributed by atoms with Crippen LogP contribution in [0.4, 0.5) is 0 Å². The first kappa shape index (κ1) is 16.1. The van der Waals surface area contributed by atoms with Crippen LogP contribution in [0.5, 0.6) is 0 Å². The summed E-state index contributed by atoms with van der Waals surface area (Å²) in [5, 5.41) is 12.9. The highest BCUT2D eigenvalue weighted by Gasteiger charge is 2.34. The summed E-state index contributed by atoms with van der Waals surface area (Å²) in [5.41, 5.74) is 0.911. The van der Waals surface area contributed by atoms with Gasteiger partial charge in [-0.25, -0.2) is 4.79 Å². The second-order valence-corrected chi connectivity index (χ2v) is 5.68. The Morgan fingerprint density at radius 1 is 1.29 bits per heavy atom. The third-order valence-electron chi connectivity index (χ3n) is 3.74. The van der Waals surface area contributed by atoms with E-state index in [0.29, 0.717) is 23.5 Å². The van der Waals surface area contributed by atoms with Gasteiger partial charge in [0.2, 0.25) is 0 Å². The lowest BCUT2D eigenvalue weighted by Crippen LogP contribution is -2.51. The SMILES string of the molecule is Cc1noc(-c2ccccc2C(=O)N2CC(C(=O)O)O[C@H](C)C2)n1. The zero-order valence-electron chi connectivity index (χ0n) is 13.3. The zero-order chi connectivity index (χ0) is 17.3. The van der Waals surface area contributed by atoms with Gasteiger partial charge in [-0.2, -0.15) is 4.98 Å². The third-order valence-corrected chi connectivity index (χ3v) is 3.74. The van der Waals surface area contributed by atoms with Crippen LogP contribution in [0.3, 0.4) is 0 Å². The van der Waals surface area contributed by atoms with Crippen molar-refractivity contribution in [1.29, 1.82) is 0 Å². The lowest BCUT2D eigenvalue weighted by molar-refractivity contribution is -0.160. The van der Waals surface area contributed by atoms with Crippen LogP contribution >= 0.6 is 0 Å². The normalized spacial score (nSPS) is 20.8. The fourth-order valence-corrected chi connectivity index (χ4v) is 2.69. The maximum Gasteiger partial charge on any atom is 0.334 e. The van der Waals surface area contributed by atoms with Gasteiger partial charge in [0.25, 0.3) is 11.8 Å². The second kappa shape index (κ2) is 6.40. The van der Waals surface area contributed by atoms with E-state index in [2.05, 4.69) is 10.1 Å². The highest BCUT2D eigenvalue weighted by molar-refractivity contribution is 6.00. The van der Waals surface area contributed by atoms with E-state index in [4.69, 9.17) is 14.4 Å². The Balaban J connectivity index is 1.91. The number of rotatable bonds is 3. The molecule has 2 atom stereocenters. The Labute approximate surface area is 138 Å². The number of hydrogen-bond acceptors (Lipinski definition) is 6. The van der Waals surface area contributed by atoms with Crippen LogP contribution in [0.1, 0.15) is 23.1 Å². The molecule has 1 N–H and O–H groups in total. The quantitative estimate of drug-likeness (QED) is 0.905. The summed E-state index contributed by atoms with van der Waals surface area (Å²) >= 11 is 0. The van der Waals surface area contributed by atoms with E-state index in [-0.39, 0.29) is 24.4 Å². The van der Waals surface area contributed by atoms with Gasteiger partial charge >= 0.3 is 5.97 Å². The standard InChI is InChI=1S/C16H17N3O5/c1-9-7-19(8-13(23-9)16(21)22)15(20)12-6-4-3-5-11(12)14-17-10(2)18-24-14/h3-6,9,13H,7-8H2,1-2H3,(H,21,22)/t9-,13?/m1/s1. The topological polar surface area (TPSA) is 106 Å². The highest BCUT2D eigenvalue weighted by atomic mass is 16.5. The molecule has 0 radical (unpaired) electrons. The van der Waals surface area contributed by atoms with E-state index in [1.807, 2.05) is 0 Å². The predicted molar refractivity (Wildman–Crippen MR) is 82.3 cm³/mol. The maximum absolute atomic E-state index is 12.9. The van der Waals surface area contributed by atoms with Gasteiger partial charge in [-0.3, -0.25) is 4.79 Å². The van der Waals surface area contributed by atoms with Crippen LogP contribution in [0, 0.1) is 6.92 Å². The summed E-state index contributed by atoms with van der Waals surface area (Å²) < 4.78 is 10.5. The molecule has 1 fully saturated rings. The molecule has 2 aromatic rings. The Morgan fingerprint density at radius 2 is 2.04 bits per heavy atom. The molecule has 1 saturated heterocycles. The molecule has 0 bridgehead atoms. The number of aromatic nitrogens is 2. The van der Waals surface area contributed by atoms with Gasteiger partial charge in [-0.05, 0) is 26.0 Å². The average molecular weight is 331 g/mol. The van der Waals surface area contributed by atoms with E-state index in [9.17, 15) is 9.59 Å².